The molecule has 0 spiro atoms. The third-order valence-electron chi connectivity index (χ3n) is 6.52. The molecule has 1 N–H and O–H groups in total. The number of rotatable bonds is 8. The summed E-state index contributed by atoms with van der Waals surface area (Å²) in [6, 6.07) is 19.5. The summed E-state index contributed by atoms with van der Waals surface area (Å²) >= 11 is 2.27. The fraction of sp³-hybridized carbons (Fsp3) is 0.276. The summed E-state index contributed by atoms with van der Waals surface area (Å²) in [6.45, 7) is 7.70. The van der Waals surface area contributed by atoms with Gasteiger partial charge in [-0.15, -0.1) is 12.4 Å². The Morgan fingerprint density at radius 1 is 1.03 bits per heavy atom. The molecule has 2 heterocycles. The second-order valence-corrected chi connectivity index (χ2v) is 10.4. The molecule has 0 unspecified atom stereocenters. The van der Waals surface area contributed by atoms with Gasteiger partial charge in [-0.1, -0.05) is 29.4 Å². The third-order valence-corrected chi connectivity index (χ3v) is 7.41. The highest BCUT2D eigenvalue weighted by molar-refractivity contribution is 14.1. The number of nitrogens with zero attached hydrogens (tertiary/aromatic N) is 3. The number of amides is 1. The van der Waals surface area contributed by atoms with E-state index in [1.54, 1.807) is 6.92 Å². The lowest BCUT2D eigenvalue weighted by molar-refractivity contribution is 0.102. The van der Waals surface area contributed by atoms with Crippen molar-refractivity contribution < 1.29 is 14.1 Å². The second-order valence-electron chi connectivity index (χ2n) is 9.24. The van der Waals surface area contributed by atoms with Gasteiger partial charge in [0.25, 0.3) is 5.91 Å². The Bertz CT molecular complexity index is 1400. The van der Waals surface area contributed by atoms with Crippen LogP contribution in [0, 0.1) is 17.4 Å². The van der Waals surface area contributed by atoms with Crippen LogP contribution >= 0.6 is 35.0 Å². The predicted octanol–water partition coefficient (Wildman–Crippen LogP) is 6.77. The van der Waals surface area contributed by atoms with E-state index >= 15 is 0 Å². The minimum absolute atomic E-state index is 0. The first kappa shape index (κ1) is 28.1. The molecule has 0 saturated carbocycles. The smallest absolute Gasteiger partial charge is 0.255 e. The SMILES string of the molecule is Cc1nc(-c2ccc(-c3ccc(C(=O)Nc4ccc(I)c(OCCN5CCCC5)c4)cc3)c(C)c2)no1.Cl. The third kappa shape index (κ3) is 6.73. The average Bonchev–Trinajstić information content (AvgIpc) is 3.58. The lowest BCUT2D eigenvalue weighted by Crippen LogP contribution is -2.25. The maximum atomic E-state index is 12.9. The highest BCUT2D eigenvalue weighted by Gasteiger charge is 2.13. The highest BCUT2D eigenvalue weighted by atomic mass is 127. The Hall–Kier alpha value is -2.95. The zero-order valence-electron chi connectivity index (χ0n) is 21.4. The van der Waals surface area contributed by atoms with Crippen molar-refractivity contribution in [3.63, 3.8) is 0 Å². The van der Waals surface area contributed by atoms with Gasteiger partial charge in [0.15, 0.2) is 0 Å². The van der Waals surface area contributed by atoms with Crippen LogP contribution in [0.2, 0.25) is 0 Å². The molecule has 7 nitrogen and oxygen atoms in total. The topological polar surface area (TPSA) is 80.5 Å². The Kier molecular flexibility index (Phi) is 9.40. The van der Waals surface area contributed by atoms with Gasteiger partial charge in [0.1, 0.15) is 12.4 Å². The first-order valence-electron chi connectivity index (χ1n) is 12.4. The first-order valence-corrected chi connectivity index (χ1v) is 13.5. The molecule has 3 aromatic carbocycles. The number of anilines is 1. The summed E-state index contributed by atoms with van der Waals surface area (Å²) in [4.78, 5) is 19.7. The summed E-state index contributed by atoms with van der Waals surface area (Å²) in [5.74, 6) is 1.75. The highest BCUT2D eigenvalue weighted by Crippen LogP contribution is 2.29. The molecule has 38 heavy (non-hydrogen) atoms. The molecule has 1 aliphatic heterocycles. The van der Waals surface area contributed by atoms with Crippen LogP contribution in [0.25, 0.3) is 22.5 Å². The zero-order chi connectivity index (χ0) is 25.8. The van der Waals surface area contributed by atoms with Crippen molar-refractivity contribution in [2.45, 2.75) is 26.7 Å². The van der Waals surface area contributed by atoms with Crippen molar-refractivity contribution in [3.8, 4) is 28.3 Å². The Labute approximate surface area is 242 Å². The van der Waals surface area contributed by atoms with Crippen LogP contribution in [-0.2, 0) is 0 Å². The number of ether oxygens (including phenoxy) is 1. The monoisotopic (exact) mass is 644 g/mol. The molecule has 9 heteroatoms. The number of carbonyl (C=O) groups is 1. The van der Waals surface area contributed by atoms with Gasteiger partial charge in [-0.2, -0.15) is 4.98 Å². The number of aryl methyl sites for hydroxylation is 2. The van der Waals surface area contributed by atoms with Crippen LogP contribution in [0.5, 0.6) is 5.75 Å². The first-order chi connectivity index (χ1) is 18.0. The molecule has 1 aliphatic rings. The molecule has 198 valence electrons. The minimum atomic E-state index is -0.157. The Morgan fingerprint density at radius 2 is 1.76 bits per heavy atom. The van der Waals surface area contributed by atoms with E-state index < -0.39 is 0 Å². The van der Waals surface area contributed by atoms with Crippen LogP contribution in [0.4, 0.5) is 5.69 Å². The summed E-state index contributed by atoms with van der Waals surface area (Å²) in [7, 11) is 0. The molecule has 0 bridgehead atoms. The quantitative estimate of drug-likeness (QED) is 0.213. The Balaban J connectivity index is 0.00000336. The van der Waals surface area contributed by atoms with Gasteiger partial charge in [0.05, 0.1) is 3.57 Å². The number of likely N-dealkylation sites (tertiary alicyclic amines) is 1. The normalized spacial score (nSPS) is 13.2. The largest absolute Gasteiger partial charge is 0.491 e. The van der Waals surface area contributed by atoms with Gasteiger partial charge in [0.2, 0.25) is 11.7 Å². The van der Waals surface area contributed by atoms with E-state index in [2.05, 4.69) is 42.9 Å². The lowest BCUT2D eigenvalue weighted by Gasteiger charge is -2.16. The van der Waals surface area contributed by atoms with E-state index in [4.69, 9.17) is 9.26 Å². The van der Waals surface area contributed by atoms with Crippen LogP contribution in [-0.4, -0.2) is 47.2 Å². The van der Waals surface area contributed by atoms with Crippen molar-refractivity contribution >= 4 is 46.6 Å². The molecule has 1 saturated heterocycles. The van der Waals surface area contributed by atoms with E-state index in [9.17, 15) is 4.79 Å². The number of halogens is 2. The predicted molar refractivity (Wildman–Crippen MR) is 160 cm³/mol. The Morgan fingerprint density at radius 3 is 2.45 bits per heavy atom. The van der Waals surface area contributed by atoms with Gasteiger partial charge < -0.3 is 14.6 Å². The van der Waals surface area contributed by atoms with Gasteiger partial charge in [-0.05, 0) is 102 Å². The molecule has 0 atom stereocenters. The van der Waals surface area contributed by atoms with Crippen molar-refractivity contribution in [3.05, 3.63) is 81.3 Å². The van der Waals surface area contributed by atoms with Crippen LogP contribution < -0.4 is 10.1 Å². The van der Waals surface area contributed by atoms with Crippen LogP contribution in [0.15, 0.2) is 65.2 Å². The molecule has 1 amide bonds. The molecular formula is C29H30ClIN4O3. The van der Waals surface area contributed by atoms with E-state index in [0.717, 1.165) is 51.2 Å². The zero-order valence-corrected chi connectivity index (χ0v) is 24.3. The molecule has 0 radical (unpaired) electrons. The number of benzene rings is 3. The maximum absolute atomic E-state index is 12.9. The second kappa shape index (κ2) is 12.7. The van der Waals surface area contributed by atoms with Crippen molar-refractivity contribution in [1.82, 2.24) is 15.0 Å². The van der Waals surface area contributed by atoms with Gasteiger partial charge in [-0.25, -0.2) is 0 Å². The number of hydrogen-bond acceptors (Lipinski definition) is 6. The summed E-state index contributed by atoms with van der Waals surface area (Å²) in [5.41, 5.74) is 5.43. The number of carbonyl (C=O) groups excluding carboxylic acids is 1. The number of nitrogens with one attached hydrogen (secondary N) is 1. The van der Waals surface area contributed by atoms with Crippen molar-refractivity contribution in [2.75, 3.05) is 31.6 Å². The van der Waals surface area contributed by atoms with E-state index in [0.29, 0.717) is 29.6 Å². The summed E-state index contributed by atoms with van der Waals surface area (Å²) in [5, 5.41) is 7.00. The molecule has 1 aromatic heterocycles. The fourth-order valence-electron chi connectivity index (χ4n) is 4.53. The summed E-state index contributed by atoms with van der Waals surface area (Å²) < 4.78 is 12.1. The number of aromatic nitrogens is 2. The van der Waals surface area contributed by atoms with Gasteiger partial charge in [-0.3, -0.25) is 9.69 Å². The van der Waals surface area contributed by atoms with E-state index in [1.165, 1.54) is 12.8 Å². The molecular weight excluding hydrogens is 615 g/mol. The van der Waals surface area contributed by atoms with Crippen molar-refractivity contribution in [1.29, 1.82) is 0 Å². The van der Waals surface area contributed by atoms with E-state index in [1.807, 2.05) is 67.6 Å². The van der Waals surface area contributed by atoms with Gasteiger partial charge >= 0.3 is 0 Å². The molecule has 5 rings (SSSR count). The van der Waals surface area contributed by atoms with Crippen LogP contribution in [0.1, 0.15) is 34.7 Å². The lowest BCUT2D eigenvalue weighted by atomic mass is 9.97. The average molecular weight is 645 g/mol. The molecule has 4 aromatic rings. The number of hydrogen-bond donors (Lipinski definition) is 1. The van der Waals surface area contributed by atoms with Gasteiger partial charge in [0, 0.05) is 36.3 Å². The van der Waals surface area contributed by atoms with Crippen molar-refractivity contribution in [2.24, 2.45) is 0 Å². The fourth-order valence-corrected chi connectivity index (χ4v) is 5.02. The molecule has 1 fully saturated rings. The maximum Gasteiger partial charge on any atom is 0.255 e. The van der Waals surface area contributed by atoms with E-state index in [-0.39, 0.29) is 18.3 Å². The summed E-state index contributed by atoms with van der Waals surface area (Å²) in [6.07, 6.45) is 2.54. The van der Waals surface area contributed by atoms with Crippen LogP contribution in [0.3, 0.4) is 0 Å². The molecule has 0 aliphatic carbocycles. The standard InChI is InChI=1S/C29H29IN4O3.ClH/c1-19-17-23(28-31-20(2)37-33-28)9-11-25(19)21-5-7-22(8-6-21)29(35)32-24-10-12-26(30)27(18-24)36-16-15-34-13-3-4-14-34;/h5-12,17-18H,3-4,13-16H2,1-2H3,(H,32,35);1H. The minimum Gasteiger partial charge on any atom is -0.491 e.